The van der Waals surface area contributed by atoms with Crippen LogP contribution >= 0.6 is 0 Å². The van der Waals surface area contributed by atoms with E-state index in [1.807, 2.05) is 13.8 Å². The highest BCUT2D eigenvalue weighted by molar-refractivity contribution is 5.57. The van der Waals surface area contributed by atoms with E-state index in [9.17, 15) is 5.11 Å². The Bertz CT molecular complexity index is 446. The number of anilines is 2. The Kier molecular flexibility index (Phi) is 6.89. The molecule has 0 aliphatic rings. The Morgan fingerprint density at radius 3 is 2.19 bits per heavy atom. The number of hydrogen-bond acceptors (Lipinski definition) is 5. The fourth-order valence-corrected chi connectivity index (χ4v) is 2.31. The van der Waals surface area contributed by atoms with Gasteiger partial charge in [0.15, 0.2) is 0 Å². The monoisotopic (exact) mass is 294 g/mol. The van der Waals surface area contributed by atoms with Crippen molar-refractivity contribution in [3.8, 4) is 0 Å². The Hall–Kier alpha value is -1.36. The molecule has 1 aromatic heterocycles. The van der Waals surface area contributed by atoms with Crippen molar-refractivity contribution in [2.24, 2.45) is 0 Å². The van der Waals surface area contributed by atoms with Crippen LogP contribution in [0.1, 0.15) is 58.3 Å². The molecule has 3 N–H and O–H groups in total. The summed E-state index contributed by atoms with van der Waals surface area (Å²) in [4.78, 5) is 9.16. The minimum atomic E-state index is -0.713. The van der Waals surface area contributed by atoms with E-state index in [2.05, 4.69) is 41.4 Å². The molecule has 120 valence electrons. The minimum absolute atomic E-state index is 0.496. The maximum Gasteiger partial charge on any atom is 0.134 e. The number of aryl methyl sites for hydroxylation is 1. The van der Waals surface area contributed by atoms with Crippen molar-refractivity contribution >= 4 is 11.6 Å². The molecule has 0 amide bonds. The van der Waals surface area contributed by atoms with Crippen molar-refractivity contribution in [3.63, 3.8) is 0 Å². The van der Waals surface area contributed by atoms with E-state index in [4.69, 9.17) is 0 Å². The van der Waals surface area contributed by atoms with E-state index < -0.39 is 5.60 Å². The van der Waals surface area contributed by atoms with Crippen LogP contribution in [0.3, 0.4) is 0 Å². The number of nitrogens with zero attached hydrogens (tertiary/aromatic N) is 2. The molecule has 21 heavy (non-hydrogen) atoms. The Morgan fingerprint density at radius 2 is 1.67 bits per heavy atom. The van der Waals surface area contributed by atoms with Gasteiger partial charge < -0.3 is 15.7 Å². The van der Waals surface area contributed by atoms with Gasteiger partial charge >= 0.3 is 0 Å². The number of hydrogen-bond donors (Lipinski definition) is 3. The first-order valence-corrected chi connectivity index (χ1v) is 8.01. The molecule has 0 saturated heterocycles. The SMILES string of the molecule is CCCc1nc(NCC)c(C)c(NCC(C)(O)CCC)n1. The van der Waals surface area contributed by atoms with Crippen LogP contribution in [-0.4, -0.2) is 33.8 Å². The molecular weight excluding hydrogens is 264 g/mol. The van der Waals surface area contributed by atoms with Gasteiger partial charge in [-0.15, -0.1) is 0 Å². The summed E-state index contributed by atoms with van der Waals surface area (Å²) in [5.74, 6) is 2.55. The van der Waals surface area contributed by atoms with Gasteiger partial charge in [-0.25, -0.2) is 9.97 Å². The first-order chi connectivity index (χ1) is 9.93. The molecular formula is C16H30N4O. The lowest BCUT2D eigenvalue weighted by atomic mass is 10.0. The van der Waals surface area contributed by atoms with Crippen molar-refractivity contribution in [1.82, 2.24) is 9.97 Å². The van der Waals surface area contributed by atoms with Crippen LogP contribution in [0.5, 0.6) is 0 Å². The molecule has 0 fully saturated rings. The van der Waals surface area contributed by atoms with Crippen LogP contribution in [0.4, 0.5) is 11.6 Å². The smallest absolute Gasteiger partial charge is 0.134 e. The normalized spacial score (nSPS) is 13.8. The van der Waals surface area contributed by atoms with Crippen molar-refractivity contribution in [2.75, 3.05) is 23.7 Å². The van der Waals surface area contributed by atoms with E-state index in [-0.39, 0.29) is 0 Å². The number of aliphatic hydroxyl groups is 1. The molecule has 0 spiro atoms. The Morgan fingerprint density at radius 1 is 1.05 bits per heavy atom. The first-order valence-electron chi connectivity index (χ1n) is 8.01. The molecule has 5 heteroatoms. The highest BCUT2D eigenvalue weighted by Crippen LogP contribution is 2.22. The second kappa shape index (κ2) is 8.17. The average Bonchev–Trinajstić information content (AvgIpc) is 2.41. The van der Waals surface area contributed by atoms with Crippen LogP contribution in [0.15, 0.2) is 0 Å². The topological polar surface area (TPSA) is 70.1 Å². The standard InChI is InChI=1S/C16H30N4O/c1-6-9-13-19-14(17-8-3)12(4)15(20-13)18-11-16(5,21)10-7-2/h21H,6-11H2,1-5H3,(H2,17,18,19,20). The van der Waals surface area contributed by atoms with Crippen molar-refractivity contribution in [3.05, 3.63) is 11.4 Å². The third-order valence-electron chi connectivity index (χ3n) is 3.44. The molecule has 1 heterocycles. The van der Waals surface area contributed by atoms with Gasteiger partial charge in [0.2, 0.25) is 0 Å². The summed E-state index contributed by atoms with van der Waals surface area (Å²) in [7, 11) is 0. The van der Waals surface area contributed by atoms with Gasteiger partial charge in [-0.05, 0) is 33.6 Å². The molecule has 0 bridgehead atoms. The van der Waals surface area contributed by atoms with Crippen molar-refractivity contribution in [1.29, 1.82) is 0 Å². The van der Waals surface area contributed by atoms with Gasteiger partial charge in [-0.3, -0.25) is 0 Å². The number of nitrogens with one attached hydrogen (secondary N) is 2. The summed E-state index contributed by atoms with van der Waals surface area (Å²) in [6.07, 6.45) is 3.60. The minimum Gasteiger partial charge on any atom is -0.388 e. The average molecular weight is 294 g/mol. The van der Waals surface area contributed by atoms with Crippen LogP contribution in [0, 0.1) is 6.92 Å². The fourth-order valence-electron chi connectivity index (χ4n) is 2.31. The first kappa shape index (κ1) is 17.7. The molecule has 0 saturated carbocycles. The second-order valence-corrected chi connectivity index (χ2v) is 5.84. The van der Waals surface area contributed by atoms with Gasteiger partial charge in [0.25, 0.3) is 0 Å². The highest BCUT2D eigenvalue weighted by atomic mass is 16.3. The van der Waals surface area contributed by atoms with Crippen LogP contribution in [0.25, 0.3) is 0 Å². The van der Waals surface area contributed by atoms with Gasteiger partial charge in [-0.2, -0.15) is 0 Å². The summed E-state index contributed by atoms with van der Waals surface area (Å²) in [6.45, 7) is 11.4. The Balaban J connectivity index is 2.93. The van der Waals surface area contributed by atoms with Crippen molar-refractivity contribution < 1.29 is 5.11 Å². The van der Waals surface area contributed by atoms with E-state index in [0.717, 1.165) is 55.3 Å². The van der Waals surface area contributed by atoms with E-state index in [0.29, 0.717) is 6.54 Å². The van der Waals surface area contributed by atoms with E-state index >= 15 is 0 Å². The summed E-state index contributed by atoms with van der Waals surface area (Å²) in [6, 6.07) is 0. The van der Waals surface area contributed by atoms with Gasteiger partial charge in [-0.1, -0.05) is 20.3 Å². The molecule has 1 aromatic rings. The lowest BCUT2D eigenvalue weighted by Gasteiger charge is -2.24. The molecule has 0 radical (unpaired) electrons. The molecule has 1 atom stereocenters. The maximum atomic E-state index is 10.3. The van der Waals surface area contributed by atoms with Gasteiger partial charge in [0.1, 0.15) is 17.5 Å². The maximum absolute atomic E-state index is 10.3. The zero-order valence-corrected chi connectivity index (χ0v) is 14.1. The van der Waals surface area contributed by atoms with E-state index in [1.54, 1.807) is 0 Å². The predicted molar refractivity (Wildman–Crippen MR) is 88.9 cm³/mol. The molecule has 1 unspecified atom stereocenters. The third-order valence-corrected chi connectivity index (χ3v) is 3.44. The van der Waals surface area contributed by atoms with E-state index in [1.165, 1.54) is 0 Å². The van der Waals surface area contributed by atoms with Crippen molar-refractivity contribution in [2.45, 2.75) is 65.9 Å². The summed E-state index contributed by atoms with van der Waals surface area (Å²) in [5, 5.41) is 16.9. The quantitative estimate of drug-likeness (QED) is 0.653. The summed E-state index contributed by atoms with van der Waals surface area (Å²) in [5.41, 5.74) is 0.291. The fraction of sp³-hybridized carbons (Fsp3) is 0.750. The third kappa shape index (κ3) is 5.50. The second-order valence-electron chi connectivity index (χ2n) is 5.84. The summed E-state index contributed by atoms with van der Waals surface area (Å²) < 4.78 is 0. The molecule has 1 rings (SSSR count). The molecule has 5 nitrogen and oxygen atoms in total. The summed E-state index contributed by atoms with van der Waals surface area (Å²) >= 11 is 0. The lowest BCUT2D eigenvalue weighted by Crippen LogP contribution is -2.33. The Labute approximate surface area is 128 Å². The zero-order valence-electron chi connectivity index (χ0n) is 14.1. The molecule has 0 aliphatic heterocycles. The number of aromatic nitrogens is 2. The van der Waals surface area contributed by atoms with Gasteiger partial charge in [0, 0.05) is 25.1 Å². The number of rotatable bonds is 9. The van der Waals surface area contributed by atoms with Crippen LogP contribution in [0.2, 0.25) is 0 Å². The molecule has 0 aromatic carbocycles. The highest BCUT2D eigenvalue weighted by Gasteiger charge is 2.20. The lowest BCUT2D eigenvalue weighted by molar-refractivity contribution is 0.0636. The van der Waals surface area contributed by atoms with Gasteiger partial charge in [0.05, 0.1) is 5.60 Å². The van der Waals surface area contributed by atoms with Crippen LogP contribution in [-0.2, 0) is 6.42 Å². The predicted octanol–water partition coefficient (Wildman–Crippen LogP) is 3.13. The zero-order chi connectivity index (χ0) is 15.9. The largest absolute Gasteiger partial charge is 0.388 e. The van der Waals surface area contributed by atoms with Crippen LogP contribution < -0.4 is 10.6 Å². The molecule has 0 aliphatic carbocycles.